The Morgan fingerprint density at radius 3 is 2.33 bits per heavy atom. The molecule has 0 N–H and O–H groups in total. The molecule has 0 aliphatic rings. The van der Waals surface area contributed by atoms with Crippen molar-refractivity contribution in [3.8, 4) is 0 Å². The van der Waals surface area contributed by atoms with Crippen molar-refractivity contribution in [2.75, 3.05) is 0 Å². The van der Waals surface area contributed by atoms with Gasteiger partial charge in [0.2, 0.25) is 0 Å². The van der Waals surface area contributed by atoms with E-state index < -0.39 is 0 Å². The molecular weight excluding hydrogens is 216 g/mol. The number of hydrogen-bond acceptors (Lipinski definition) is 0. The molecule has 0 aromatic heterocycles. The molecule has 18 heavy (non-hydrogen) atoms. The molecule has 0 saturated carbocycles. The van der Waals surface area contributed by atoms with Crippen molar-refractivity contribution in [3.63, 3.8) is 0 Å². The Balaban J connectivity index is 0. The summed E-state index contributed by atoms with van der Waals surface area (Å²) in [7, 11) is 0. The van der Waals surface area contributed by atoms with Gasteiger partial charge in [-0.15, -0.1) is 0 Å². The van der Waals surface area contributed by atoms with Crippen LogP contribution >= 0.6 is 0 Å². The molecule has 1 aromatic rings. The largest absolute Gasteiger partial charge is 0.0798 e. The second kappa shape index (κ2) is 9.70. The maximum Gasteiger partial charge on any atom is -0.0185 e. The molecule has 0 amide bonds. The van der Waals surface area contributed by atoms with Gasteiger partial charge >= 0.3 is 0 Å². The smallest absolute Gasteiger partial charge is 0.0185 e. The van der Waals surface area contributed by atoms with E-state index in [0.717, 1.165) is 12.8 Å². The molecule has 0 aliphatic carbocycles. The highest BCUT2D eigenvalue weighted by Crippen LogP contribution is 2.20. The monoisotopic (exact) mass is 246 g/mol. The third-order valence-electron chi connectivity index (χ3n) is 2.94. The standard InChI is InChI=1S/C16H22.2CH4/c1-5-13(4)11-15(7-3)16-10-8-9-14(6-2)12-16;;/h7-12H,5-6H2,1-4H3;2*1H4/b13-11+,15-7+;;. The summed E-state index contributed by atoms with van der Waals surface area (Å²) >= 11 is 0. The molecule has 0 fully saturated rings. The first kappa shape index (κ1) is 19.0. The highest BCUT2D eigenvalue weighted by Gasteiger charge is 1.99. The minimum atomic E-state index is 0. The second-order valence-electron chi connectivity index (χ2n) is 4.14. The Hall–Kier alpha value is -1.30. The lowest BCUT2D eigenvalue weighted by Gasteiger charge is -2.06. The lowest BCUT2D eigenvalue weighted by atomic mass is 9.99. The van der Waals surface area contributed by atoms with E-state index in [4.69, 9.17) is 0 Å². The van der Waals surface area contributed by atoms with Crippen molar-refractivity contribution >= 4 is 5.57 Å². The van der Waals surface area contributed by atoms with Crippen molar-refractivity contribution < 1.29 is 0 Å². The van der Waals surface area contributed by atoms with Crippen LogP contribution in [-0.2, 0) is 6.42 Å². The van der Waals surface area contributed by atoms with Crippen LogP contribution in [0.5, 0.6) is 0 Å². The fourth-order valence-electron chi connectivity index (χ4n) is 1.67. The molecule has 0 radical (unpaired) electrons. The molecule has 0 saturated heterocycles. The summed E-state index contributed by atoms with van der Waals surface area (Å²) in [5.41, 5.74) is 5.48. The summed E-state index contributed by atoms with van der Waals surface area (Å²) in [5, 5.41) is 0. The molecule has 0 aliphatic heterocycles. The van der Waals surface area contributed by atoms with Crippen molar-refractivity contribution in [2.45, 2.75) is 55.4 Å². The summed E-state index contributed by atoms with van der Waals surface area (Å²) in [4.78, 5) is 0. The van der Waals surface area contributed by atoms with Crippen molar-refractivity contribution in [1.82, 2.24) is 0 Å². The van der Waals surface area contributed by atoms with E-state index in [0.29, 0.717) is 0 Å². The predicted molar refractivity (Wildman–Crippen MR) is 87.0 cm³/mol. The minimum absolute atomic E-state index is 0. The summed E-state index contributed by atoms with van der Waals surface area (Å²) in [6.07, 6.45) is 6.69. The van der Waals surface area contributed by atoms with Crippen molar-refractivity contribution in [1.29, 1.82) is 0 Å². The maximum atomic E-state index is 2.29. The second-order valence-corrected chi connectivity index (χ2v) is 4.14. The van der Waals surface area contributed by atoms with Crippen LogP contribution in [0.25, 0.3) is 5.57 Å². The Bertz CT molecular complexity index is 394. The zero-order valence-electron chi connectivity index (χ0n) is 10.9. The van der Waals surface area contributed by atoms with Crippen LogP contribution in [-0.4, -0.2) is 0 Å². The van der Waals surface area contributed by atoms with Crippen LogP contribution < -0.4 is 0 Å². The van der Waals surface area contributed by atoms with Gasteiger partial charge in [0, 0.05) is 0 Å². The fourth-order valence-corrected chi connectivity index (χ4v) is 1.67. The van der Waals surface area contributed by atoms with Gasteiger partial charge in [0.15, 0.2) is 0 Å². The van der Waals surface area contributed by atoms with E-state index in [2.05, 4.69) is 64.1 Å². The lowest BCUT2D eigenvalue weighted by Crippen LogP contribution is -1.86. The topological polar surface area (TPSA) is 0 Å². The number of rotatable bonds is 4. The molecule has 1 rings (SSSR count). The third kappa shape index (κ3) is 5.35. The number of benzene rings is 1. The van der Waals surface area contributed by atoms with E-state index in [1.54, 1.807) is 0 Å². The summed E-state index contributed by atoms with van der Waals surface area (Å²) in [5.74, 6) is 0. The molecule has 0 spiro atoms. The zero-order valence-corrected chi connectivity index (χ0v) is 10.9. The SMILES string of the molecule is C.C.C/C=C(\C=C(/C)CC)c1cccc(CC)c1. The summed E-state index contributed by atoms with van der Waals surface area (Å²) in [6, 6.07) is 8.81. The van der Waals surface area contributed by atoms with Gasteiger partial charge < -0.3 is 0 Å². The van der Waals surface area contributed by atoms with Crippen LogP contribution in [0.3, 0.4) is 0 Å². The van der Waals surface area contributed by atoms with Gasteiger partial charge in [-0.05, 0) is 43.4 Å². The quantitative estimate of drug-likeness (QED) is 0.548. The first-order valence-electron chi connectivity index (χ1n) is 6.14. The van der Waals surface area contributed by atoms with Crippen molar-refractivity contribution in [3.05, 3.63) is 53.1 Å². The summed E-state index contributed by atoms with van der Waals surface area (Å²) in [6.45, 7) is 8.68. The molecule has 102 valence electrons. The molecule has 0 bridgehead atoms. The van der Waals surface area contributed by atoms with Gasteiger partial charge in [-0.25, -0.2) is 0 Å². The average molecular weight is 246 g/mol. The Kier molecular flexibility index (Phi) is 10.3. The number of hydrogen-bond donors (Lipinski definition) is 0. The van der Waals surface area contributed by atoms with Gasteiger partial charge in [0.1, 0.15) is 0 Å². The number of aryl methyl sites for hydroxylation is 1. The van der Waals surface area contributed by atoms with Gasteiger partial charge in [0.25, 0.3) is 0 Å². The van der Waals surface area contributed by atoms with Crippen LogP contribution in [0.1, 0.15) is 60.1 Å². The van der Waals surface area contributed by atoms with E-state index in [9.17, 15) is 0 Å². The molecule has 0 heteroatoms. The van der Waals surface area contributed by atoms with Gasteiger partial charge in [0.05, 0.1) is 0 Å². The maximum absolute atomic E-state index is 2.29. The molecule has 0 nitrogen and oxygen atoms in total. The third-order valence-corrected chi connectivity index (χ3v) is 2.94. The molecule has 0 atom stereocenters. The molecular formula is C18H30. The van der Waals surface area contributed by atoms with E-state index in [-0.39, 0.29) is 14.9 Å². The lowest BCUT2D eigenvalue weighted by molar-refractivity contribution is 1.10. The highest BCUT2D eigenvalue weighted by atomic mass is 14.0. The Labute approximate surface area is 114 Å². The normalized spacial score (nSPS) is 11.6. The first-order chi connectivity index (χ1) is 7.71. The molecule has 1 aromatic carbocycles. The van der Waals surface area contributed by atoms with Gasteiger partial charge in [-0.3, -0.25) is 0 Å². The summed E-state index contributed by atoms with van der Waals surface area (Å²) < 4.78 is 0. The van der Waals surface area contributed by atoms with Crippen LogP contribution in [0.4, 0.5) is 0 Å². The van der Waals surface area contributed by atoms with Gasteiger partial charge in [-0.1, -0.05) is 70.7 Å². The molecule has 0 unspecified atom stereocenters. The zero-order chi connectivity index (χ0) is 12.0. The van der Waals surface area contributed by atoms with Crippen LogP contribution in [0, 0.1) is 0 Å². The van der Waals surface area contributed by atoms with Crippen molar-refractivity contribution in [2.24, 2.45) is 0 Å². The number of allylic oxidation sites excluding steroid dienone is 4. The van der Waals surface area contributed by atoms with Crippen LogP contribution in [0.15, 0.2) is 42.0 Å². The van der Waals surface area contributed by atoms with Crippen LogP contribution in [0.2, 0.25) is 0 Å². The van der Waals surface area contributed by atoms with E-state index >= 15 is 0 Å². The minimum Gasteiger partial charge on any atom is -0.0798 e. The van der Waals surface area contributed by atoms with Gasteiger partial charge in [-0.2, -0.15) is 0 Å². The fraction of sp³-hybridized carbons (Fsp3) is 0.444. The molecule has 0 heterocycles. The first-order valence-corrected chi connectivity index (χ1v) is 6.14. The highest BCUT2D eigenvalue weighted by molar-refractivity contribution is 5.74. The Morgan fingerprint density at radius 2 is 1.83 bits per heavy atom. The Morgan fingerprint density at radius 1 is 1.17 bits per heavy atom. The van der Waals surface area contributed by atoms with E-state index in [1.165, 1.54) is 22.3 Å². The average Bonchev–Trinajstić information content (AvgIpc) is 2.35. The van der Waals surface area contributed by atoms with E-state index in [1.807, 2.05) is 0 Å². The predicted octanol–water partition coefficient (Wildman–Crippen LogP) is 6.28.